The van der Waals surface area contributed by atoms with Crippen LogP contribution in [0.4, 0.5) is 0 Å². The van der Waals surface area contributed by atoms with Gasteiger partial charge in [-0.25, -0.2) is 0 Å². The smallest absolute Gasteiger partial charge is 0.150 e. The van der Waals surface area contributed by atoms with Crippen LogP contribution in [0.1, 0.15) is 41.6 Å². The summed E-state index contributed by atoms with van der Waals surface area (Å²) in [6.45, 7) is 5.03. The number of nitrogens with zero attached hydrogens (tertiary/aromatic N) is 2. The van der Waals surface area contributed by atoms with E-state index >= 15 is 0 Å². The average Bonchev–Trinajstić information content (AvgIpc) is 2.83. The fraction of sp³-hybridized carbons (Fsp3) is 0.308. The maximum atomic E-state index is 10.9. The van der Waals surface area contributed by atoms with Crippen LogP contribution in [0.2, 0.25) is 0 Å². The van der Waals surface area contributed by atoms with Crippen LogP contribution in [0.3, 0.4) is 0 Å². The van der Waals surface area contributed by atoms with Gasteiger partial charge in [0, 0.05) is 24.0 Å². The maximum Gasteiger partial charge on any atom is 0.150 e. The highest BCUT2D eigenvalue weighted by molar-refractivity contribution is 5.93. The third kappa shape index (κ3) is 5.12. The molecule has 160 valence electrons. The number of aldehydes is 1. The van der Waals surface area contributed by atoms with Gasteiger partial charge in [0.05, 0.1) is 6.54 Å². The highest BCUT2D eigenvalue weighted by Gasteiger charge is 2.23. The third-order valence-electron chi connectivity index (χ3n) is 6.33. The summed E-state index contributed by atoms with van der Waals surface area (Å²) in [6.07, 6.45) is 17.7. The van der Waals surface area contributed by atoms with E-state index in [0.29, 0.717) is 24.3 Å². The van der Waals surface area contributed by atoms with Gasteiger partial charge in [-0.2, -0.15) is 0 Å². The molecule has 0 saturated carbocycles. The number of allylic oxidation sites excluding steroid dienone is 4. The van der Waals surface area contributed by atoms with Gasteiger partial charge < -0.3 is 11.1 Å². The molecule has 0 bridgehead atoms. The van der Waals surface area contributed by atoms with Gasteiger partial charge in [-0.15, -0.1) is 0 Å². The summed E-state index contributed by atoms with van der Waals surface area (Å²) in [5.41, 5.74) is 11.4. The van der Waals surface area contributed by atoms with E-state index in [-0.39, 0.29) is 0 Å². The lowest BCUT2D eigenvalue weighted by Gasteiger charge is -2.35. The van der Waals surface area contributed by atoms with Crippen LogP contribution < -0.4 is 11.1 Å². The Morgan fingerprint density at radius 3 is 2.61 bits per heavy atom. The fourth-order valence-electron chi connectivity index (χ4n) is 4.37. The molecule has 4 rings (SSSR count). The second kappa shape index (κ2) is 9.75. The van der Waals surface area contributed by atoms with E-state index in [9.17, 15) is 4.79 Å². The van der Waals surface area contributed by atoms with Crippen molar-refractivity contribution in [1.29, 1.82) is 0 Å². The van der Waals surface area contributed by atoms with Gasteiger partial charge in [-0.05, 0) is 73.2 Å². The second-order valence-electron chi connectivity index (χ2n) is 8.31. The molecule has 3 N–H and O–H groups in total. The Labute approximate surface area is 184 Å². The molecular weight excluding hydrogens is 384 g/mol. The number of nitrogens with one attached hydrogen (secondary N) is 1. The molecule has 3 heterocycles. The molecule has 1 aromatic rings. The van der Waals surface area contributed by atoms with E-state index in [2.05, 4.69) is 58.6 Å². The number of nitrogens with two attached hydrogens (primary N) is 1. The number of hydrogen-bond acceptors (Lipinski definition) is 5. The summed E-state index contributed by atoms with van der Waals surface area (Å²) in [4.78, 5) is 17.8. The molecule has 1 unspecified atom stereocenters. The first-order valence-corrected chi connectivity index (χ1v) is 11.0. The molecule has 0 aromatic heterocycles. The lowest BCUT2D eigenvalue weighted by atomic mass is 9.88. The Kier molecular flexibility index (Phi) is 6.63. The largest absolute Gasteiger partial charge is 0.384 e. The van der Waals surface area contributed by atoms with Crippen LogP contribution in [0.25, 0.3) is 0 Å². The van der Waals surface area contributed by atoms with Gasteiger partial charge in [0.15, 0.2) is 0 Å². The Morgan fingerprint density at radius 2 is 1.94 bits per heavy atom. The second-order valence-corrected chi connectivity index (χ2v) is 8.31. The Bertz CT molecular complexity index is 987. The van der Waals surface area contributed by atoms with Gasteiger partial charge >= 0.3 is 0 Å². The normalized spacial score (nSPS) is 23.4. The zero-order valence-electron chi connectivity index (χ0n) is 18.0. The zero-order valence-corrected chi connectivity index (χ0v) is 18.0. The summed E-state index contributed by atoms with van der Waals surface area (Å²) in [5.74, 6) is 1.16. The van der Waals surface area contributed by atoms with Crippen LogP contribution in [0.5, 0.6) is 0 Å². The minimum atomic E-state index is 0.368. The molecule has 0 aliphatic carbocycles. The third-order valence-corrected chi connectivity index (χ3v) is 6.33. The molecule has 1 aromatic carbocycles. The lowest BCUT2D eigenvalue weighted by molar-refractivity contribution is 0.112. The summed E-state index contributed by atoms with van der Waals surface area (Å²) in [5, 5.41) is 3.20. The monoisotopic (exact) mass is 414 g/mol. The standard InChI is InChI=1S/C26H30N4O/c1-19(30-14-11-22(12-15-30)21-6-3-20(18-31)4-7-21)2-5-23-16-28-13-10-25(23)24-8-9-26(27)29-17-24/h2-10,13,16,18-19,22,28H,11-12,14-15,17H2,1H3,(H2,27,29)/b5-2?,25-24-. The highest BCUT2D eigenvalue weighted by Crippen LogP contribution is 2.29. The molecule has 31 heavy (non-hydrogen) atoms. The lowest BCUT2D eigenvalue weighted by Crippen LogP contribution is -2.38. The summed E-state index contributed by atoms with van der Waals surface area (Å²) in [7, 11) is 0. The number of dihydropyridines is 2. The van der Waals surface area contributed by atoms with Crippen molar-refractivity contribution < 1.29 is 4.79 Å². The minimum absolute atomic E-state index is 0.368. The molecular formula is C26H30N4O. The topological polar surface area (TPSA) is 70.7 Å². The van der Waals surface area contributed by atoms with Crippen LogP contribution in [-0.2, 0) is 0 Å². The van der Waals surface area contributed by atoms with Crippen molar-refractivity contribution in [3.8, 4) is 0 Å². The van der Waals surface area contributed by atoms with Gasteiger partial charge in [-0.3, -0.25) is 14.7 Å². The number of amidine groups is 1. The summed E-state index contributed by atoms with van der Waals surface area (Å²) >= 11 is 0. The van der Waals surface area contributed by atoms with Crippen LogP contribution in [0.15, 0.2) is 88.8 Å². The van der Waals surface area contributed by atoms with Crippen molar-refractivity contribution in [2.75, 3.05) is 19.6 Å². The van der Waals surface area contributed by atoms with Gasteiger partial charge in [0.25, 0.3) is 0 Å². The number of rotatable bonds is 5. The van der Waals surface area contributed by atoms with Gasteiger partial charge in [0.1, 0.15) is 12.1 Å². The Morgan fingerprint density at radius 1 is 1.16 bits per heavy atom. The van der Waals surface area contributed by atoms with Crippen LogP contribution in [-0.4, -0.2) is 42.7 Å². The van der Waals surface area contributed by atoms with Crippen molar-refractivity contribution >= 4 is 12.1 Å². The molecule has 5 nitrogen and oxygen atoms in total. The van der Waals surface area contributed by atoms with Crippen molar-refractivity contribution in [3.63, 3.8) is 0 Å². The summed E-state index contributed by atoms with van der Waals surface area (Å²) < 4.78 is 0. The molecule has 1 fully saturated rings. The van der Waals surface area contributed by atoms with Crippen molar-refractivity contribution in [1.82, 2.24) is 10.2 Å². The quantitative estimate of drug-likeness (QED) is 0.718. The van der Waals surface area contributed by atoms with E-state index in [1.54, 1.807) is 0 Å². The number of aliphatic imine (C=N–C) groups is 1. The molecule has 1 atom stereocenters. The summed E-state index contributed by atoms with van der Waals surface area (Å²) in [6, 6.07) is 8.43. The van der Waals surface area contributed by atoms with E-state index in [4.69, 9.17) is 5.73 Å². The SMILES string of the molecule is CC(C=CC1=CNC=C/C1=C1\C=CC(N)=NC1)N1CCC(c2ccc(C=O)cc2)CC1. The molecule has 3 aliphatic rings. The minimum Gasteiger partial charge on any atom is -0.384 e. The predicted molar refractivity (Wildman–Crippen MR) is 127 cm³/mol. The zero-order chi connectivity index (χ0) is 21.6. The molecule has 0 spiro atoms. The number of benzene rings is 1. The number of likely N-dealkylation sites (tertiary alicyclic amines) is 1. The highest BCUT2D eigenvalue weighted by atomic mass is 16.1. The predicted octanol–water partition coefficient (Wildman–Crippen LogP) is 3.85. The number of carbonyl (C=O) groups excluding carboxylic acids is 1. The molecule has 0 radical (unpaired) electrons. The molecule has 0 amide bonds. The number of piperidine rings is 1. The fourth-order valence-corrected chi connectivity index (χ4v) is 4.37. The Hall–Kier alpha value is -3.18. The van der Waals surface area contributed by atoms with Crippen LogP contribution >= 0.6 is 0 Å². The van der Waals surface area contributed by atoms with Gasteiger partial charge in [0.2, 0.25) is 0 Å². The van der Waals surface area contributed by atoms with Crippen molar-refractivity contribution in [3.05, 3.63) is 94.9 Å². The van der Waals surface area contributed by atoms with Crippen molar-refractivity contribution in [2.24, 2.45) is 10.7 Å². The van der Waals surface area contributed by atoms with E-state index in [1.807, 2.05) is 30.6 Å². The van der Waals surface area contributed by atoms with E-state index < -0.39 is 0 Å². The number of hydrogen-bond donors (Lipinski definition) is 2. The average molecular weight is 415 g/mol. The van der Waals surface area contributed by atoms with Gasteiger partial charge in [-0.1, -0.05) is 42.5 Å². The van der Waals surface area contributed by atoms with Crippen LogP contribution in [0, 0.1) is 0 Å². The first kappa shape index (κ1) is 21.1. The maximum absolute atomic E-state index is 10.9. The number of carbonyl (C=O) groups is 1. The molecule has 1 saturated heterocycles. The Balaban J connectivity index is 1.36. The molecule has 3 aliphatic heterocycles. The first-order valence-electron chi connectivity index (χ1n) is 11.0. The molecule has 5 heteroatoms. The van der Waals surface area contributed by atoms with E-state index in [0.717, 1.165) is 43.4 Å². The first-order chi connectivity index (χ1) is 15.1. The van der Waals surface area contributed by atoms with Crippen molar-refractivity contribution in [2.45, 2.75) is 31.7 Å². The van der Waals surface area contributed by atoms with E-state index in [1.165, 1.54) is 16.7 Å².